The highest BCUT2D eigenvalue weighted by Gasteiger charge is 2.34. The zero-order chi connectivity index (χ0) is 29.0. The number of ether oxygens (including phenoxy) is 2. The number of aromatic nitrogens is 3. The highest BCUT2D eigenvalue weighted by molar-refractivity contribution is 6.02. The molecule has 0 radical (unpaired) electrons. The van der Waals surface area contributed by atoms with Gasteiger partial charge in [-0.25, -0.2) is 14.6 Å². The molecule has 2 aromatic heterocycles. The van der Waals surface area contributed by atoms with Crippen molar-refractivity contribution in [2.45, 2.75) is 70.4 Å². The predicted molar refractivity (Wildman–Crippen MR) is 161 cm³/mol. The fourth-order valence-corrected chi connectivity index (χ4v) is 6.95. The number of benzene rings is 2. The fraction of sp³-hybridized carbons (Fsp3) is 0.382. The Hall–Kier alpha value is -4.33. The second-order valence-corrected chi connectivity index (χ2v) is 11.6. The molecule has 0 saturated heterocycles. The van der Waals surface area contributed by atoms with Gasteiger partial charge in [-0.2, -0.15) is 0 Å². The average molecular weight is 566 g/mol. The van der Waals surface area contributed by atoms with Crippen LogP contribution in [0.25, 0.3) is 33.8 Å². The standard InChI is InChI=1S/C34H35N3O5/c1-3-42-34(40)32-30(35-19-37(32)24-10-11-24)23-15-22-16-25(41-2)12-14-26(22)31-29(20-7-5-4-6-8-20)27-13-9-21(33(38)39)17-28(27)36(31)18-23/h9,12-17,19-20,24H,3-8,10-11,18H2,1-2H3,(H,38,39). The highest BCUT2D eigenvalue weighted by Crippen LogP contribution is 2.48. The number of allylic oxidation sites excluding steroid dienone is 1. The van der Waals surface area contributed by atoms with Crippen molar-refractivity contribution < 1.29 is 24.2 Å². The van der Waals surface area contributed by atoms with Crippen LogP contribution in [0.1, 0.15) is 101 Å². The van der Waals surface area contributed by atoms with Crippen molar-refractivity contribution in [1.29, 1.82) is 0 Å². The van der Waals surface area contributed by atoms with Crippen LogP contribution in [0.2, 0.25) is 0 Å². The van der Waals surface area contributed by atoms with Gasteiger partial charge in [0.1, 0.15) is 11.4 Å². The lowest BCUT2D eigenvalue weighted by atomic mass is 9.81. The van der Waals surface area contributed by atoms with Crippen LogP contribution in [0.5, 0.6) is 5.75 Å². The molecule has 1 N–H and O–H groups in total. The van der Waals surface area contributed by atoms with E-state index in [0.717, 1.165) is 64.7 Å². The molecule has 8 nitrogen and oxygen atoms in total. The maximum atomic E-state index is 13.3. The minimum atomic E-state index is -0.950. The van der Waals surface area contributed by atoms with Crippen molar-refractivity contribution in [3.05, 3.63) is 70.8 Å². The lowest BCUT2D eigenvalue weighted by Gasteiger charge is -2.24. The van der Waals surface area contributed by atoms with Gasteiger partial charge in [-0.1, -0.05) is 25.3 Å². The molecule has 1 aliphatic heterocycles. The summed E-state index contributed by atoms with van der Waals surface area (Å²) >= 11 is 0. The van der Waals surface area contributed by atoms with Gasteiger partial charge in [0.25, 0.3) is 0 Å². The maximum absolute atomic E-state index is 13.3. The fourth-order valence-electron chi connectivity index (χ4n) is 6.95. The highest BCUT2D eigenvalue weighted by atomic mass is 16.5. The number of carboxylic acid groups (broad SMARTS) is 1. The molecule has 2 aromatic carbocycles. The van der Waals surface area contributed by atoms with Crippen LogP contribution in [0.15, 0.2) is 42.7 Å². The predicted octanol–water partition coefficient (Wildman–Crippen LogP) is 7.33. The first-order chi connectivity index (χ1) is 20.5. The van der Waals surface area contributed by atoms with Crippen molar-refractivity contribution in [1.82, 2.24) is 14.1 Å². The summed E-state index contributed by atoms with van der Waals surface area (Å²) in [6, 6.07) is 11.9. The van der Waals surface area contributed by atoms with Gasteiger partial charge >= 0.3 is 11.9 Å². The second kappa shape index (κ2) is 10.5. The Morgan fingerprint density at radius 2 is 1.86 bits per heavy atom. The Morgan fingerprint density at radius 3 is 2.57 bits per heavy atom. The smallest absolute Gasteiger partial charge is 0.357 e. The zero-order valence-electron chi connectivity index (χ0n) is 24.1. The van der Waals surface area contributed by atoms with Crippen LogP contribution < -0.4 is 4.74 Å². The van der Waals surface area contributed by atoms with E-state index in [1.807, 2.05) is 29.7 Å². The van der Waals surface area contributed by atoms with E-state index in [-0.39, 0.29) is 24.2 Å². The van der Waals surface area contributed by atoms with Crippen LogP contribution in [0.3, 0.4) is 0 Å². The summed E-state index contributed by atoms with van der Waals surface area (Å²) < 4.78 is 15.4. The van der Waals surface area contributed by atoms with Crippen LogP contribution in [-0.2, 0) is 11.3 Å². The third kappa shape index (κ3) is 4.40. The molecule has 42 heavy (non-hydrogen) atoms. The maximum Gasteiger partial charge on any atom is 0.357 e. The molecular formula is C34H35N3O5. The molecule has 0 bridgehead atoms. The Morgan fingerprint density at radius 1 is 1.05 bits per heavy atom. The Labute approximate surface area is 244 Å². The van der Waals surface area contributed by atoms with Gasteiger partial charge in [0.2, 0.25) is 0 Å². The largest absolute Gasteiger partial charge is 0.497 e. The number of hydrogen-bond donors (Lipinski definition) is 1. The van der Waals surface area contributed by atoms with Crippen molar-refractivity contribution in [3.63, 3.8) is 0 Å². The topological polar surface area (TPSA) is 95.6 Å². The number of carbonyl (C=O) groups is 2. The van der Waals surface area contributed by atoms with Crippen molar-refractivity contribution in [2.75, 3.05) is 13.7 Å². The summed E-state index contributed by atoms with van der Waals surface area (Å²) in [5, 5.41) is 11.0. The van der Waals surface area contributed by atoms with E-state index in [1.165, 1.54) is 24.8 Å². The number of aromatic carboxylic acids is 1. The Bertz CT molecular complexity index is 1750. The minimum Gasteiger partial charge on any atom is -0.497 e. The van der Waals surface area contributed by atoms with Gasteiger partial charge in [-0.05, 0) is 86.1 Å². The van der Waals surface area contributed by atoms with Gasteiger partial charge in [0.05, 0.1) is 37.8 Å². The Kier molecular flexibility index (Phi) is 6.64. The van der Waals surface area contributed by atoms with E-state index in [9.17, 15) is 14.7 Å². The van der Waals surface area contributed by atoms with Gasteiger partial charge in [0.15, 0.2) is 5.69 Å². The van der Waals surface area contributed by atoms with Crippen LogP contribution in [-0.4, -0.2) is 44.9 Å². The summed E-state index contributed by atoms with van der Waals surface area (Å²) in [4.78, 5) is 30.3. The first-order valence-electron chi connectivity index (χ1n) is 15.0. The first kappa shape index (κ1) is 26.6. The molecule has 216 valence electrons. The average Bonchev–Trinajstić information content (AvgIpc) is 3.71. The number of hydrogen-bond acceptors (Lipinski definition) is 5. The molecule has 0 spiro atoms. The van der Waals surface area contributed by atoms with Gasteiger partial charge in [-0.15, -0.1) is 0 Å². The number of nitrogens with zero attached hydrogens (tertiary/aromatic N) is 3. The normalized spacial score (nSPS) is 16.9. The van der Waals surface area contributed by atoms with Crippen LogP contribution in [0.4, 0.5) is 0 Å². The second-order valence-electron chi connectivity index (χ2n) is 11.6. The molecule has 7 rings (SSSR count). The molecule has 2 aliphatic carbocycles. The third-order valence-electron chi connectivity index (χ3n) is 9.04. The SMILES string of the molecule is CCOC(=O)c1c(C2=Cc3cc(OC)ccc3-c3c(C4CCCCC4)c4ccc(C(=O)O)cc4n3C2)ncn1C1CC1. The summed E-state index contributed by atoms with van der Waals surface area (Å²) in [5.41, 5.74) is 7.56. The van der Waals surface area contributed by atoms with Crippen molar-refractivity contribution >= 4 is 34.5 Å². The number of fused-ring (bicyclic) bond motifs is 5. The molecular weight excluding hydrogens is 530 g/mol. The molecule has 3 aliphatic rings. The van der Waals surface area contributed by atoms with E-state index in [2.05, 4.69) is 16.7 Å². The van der Waals surface area contributed by atoms with Crippen LogP contribution in [0, 0.1) is 0 Å². The lowest BCUT2D eigenvalue weighted by Crippen LogP contribution is -2.14. The molecule has 0 unspecified atom stereocenters. The van der Waals surface area contributed by atoms with E-state index >= 15 is 0 Å². The molecule has 0 amide bonds. The molecule has 0 atom stereocenters. The number of carbonyl (C=O) groups excluding carboxylic acids is 1. The monoisotopic (exact) mass is 565 g/mol. The number of rotatable bonds is 7. The first-order valence-corrected chi connectivity index (χ1v) is 15.0. The molecule has 3 heterocycles. The summed E-state index contributed by atoms with van der Waals surface area (Å²) in [6.07, 6.45) is 11.7. The lowest BCUT2D eigenvalue weighted by molar-refractivity contribution is 0.0512. The third-order valence-corrected chi connectivity index (χ3v) is 9.04. The molecule has 4 aromatic rings. The molecule has 8 heteroatoms. The van der Waals surface area contributed by atoms with E-state index in [4.69, 9.17) is 14.5 Å². The van der Waals surface area contributed by atoms with E-state index < -0.39 is 5.97 Å². The van der Waals surface area contributed by atoms with Gasteiger partial charge in [-0.3, -0.25) is 0 Å². The van der Waals surface area contributed by atoms with Crippen LogP contribution >= 0.6 is 0 Å². The van der Waals surface area contributed by atoms with E-state index in [0.29, 0.717) is 23.9 Å². The van der Waals surface area contributed by atoms with Gasteiger partial charge in [0, 0.05) is 28.1 Å². The quantitative estimate of drug-likeness (QED) is 0.236. The van der Waals surface area contributed by atoms with Gasteiger partial charge < -0.3 is 23.7 Å². The molecule has 2 fully saturated rings. The Balaban J connectivity index is 1.51. The number of esters is 1. The molecule has 2 saturated carbocycles. The summed E-state index contributed by atoms with van der Waals surface area (Å²) in [6.45, 7) is 2.53. The van der Waals surface area contributed by atoms with Crippen molar-refractivity contribution in [2.24, 2.45) is 0 Å². The minimum absolute atomic E-state index is 0.253. The number of methoxy groups -OCH3 is 1. The summed E-state index contributed by atoms with van der Waals surface area (Å²) in [7, 11) is 1.66. The number of imidazole rings is 1. The zero-order valence-corrected chi connectivity index (χ0v) is 24.1. The van der Waals surface area contributed by atoms with Crippen molar-refractivity contribution in [3.8, 4) is 17.0 Å². The number of carboxylic acids is 1. The summed E-state index contributed by atoms with van der Waals surface area (Å²) in [5.74, 6) is -0.195. The van der Waals surface area contributed by atoms with E-state index in [1.54, 1.807) is 25.6 Å².